The Labute approximate surface area is 166 Å². The molecule has 0 aromatic heterocycles. The number of rotatable bonds is 1. The van der Waals surface area contributed by atoms with Crippen LogP contribution in [-0.2, 0) is 23.8 Å². The van der Waals surface area contributed by atoms with E-state index in [0.717, 1.165) is 18.4 Å². The summed E-state index contributed by atoms with van der Waals surface area (Å²) in [6, 6.07) is 0. The van der Waals surface area contributed by atoms with Gasteiger partial charge >= 0.3 is 11.9 Å². The van der Waals surface area contributed by atoms with Gasteiger partial charge in [-0.1, -0.05) is 12.7 Å². The van der Waals surface area contributed by atoms with Crippen LogP contribution in [0, 0.1) is 5.92 Å². The summed E-state index contributed by atoms with van der Waals surface area (Å²) in [6.45, 7) is 11.1. The highest BCUT2D eigenvalue weighted by atomic mass is 16.6. The average molecular weight is 392 g/mol. The lowest BCUT2D eigenvalue weighted by molar-refractivity contribution is -0.181. The Morgan fingerprint density at radius 1 is 1.29 bits per heavy atom. The van der Waals surface area contributed by atoms with Crippen LogP contribution in [0.25, 0.3) is 0 Å². The van der Waals surface area contributed by atoms with Crippen LogP contribution in [0.5, 0.6) is 0 Å². The maximum atomic E-state index is 12.7. The van der Waals surface area contributed by atoms with Gasteiger partial charge in [-0.25, -0.2) is 4.79 Å². The fourth-order valence-corrected chi connectivity index (χ4v) is 4.42. The number of esters is 2. The van der Waals surface area contributed by atoms with Crippen LogP contribution in [0.1, 0.15) is 66.2 Å². The molecule has 3 aliphatic rings. The summed E-state index contributed by atoms with van der Waals surface area (Å²) in [4.78, 5) is 24.5. The van der Waals surface area contributed by atoms with Crippen LogP contribution in [0.4, 0.5) is 0 Å². The largest absolute Gasteiger partial charge is 0.458 e. The number of hydrogen-bond donors (Lipinski definition) is 1. The summed E-state index contributed by atoms with van der Waals surface area (Å²) in [6.07, 6.45) is 4.47. The monoisotopic (exact) mass is 392 g/mol. The van der Waals surface area contributed by atoms with Gasteiger partial charge in [-0.3, -0.25) is 4.79 Å². The average Bonchev–Trinajstić information content (AvgIpc) is 3.26. The molecule has 3 rings (SSSR count). The number of carbonyl (C=O) groups excluding carboxylic acids is 2. The second-order valence-corrected chi connectivity index (χ2v) is 8.95. The van der Waals surface area contributed by atoms with Crippen molar-refractivity contribution in [3.05, 3.63) is 23.8 Å². The fraction of sp³-hybridized carbons (Fsp3) is 0.727. The molecule has 1 aliphatic carbocycles. The molecular weight excluding hydrogens is 360 g/mol. The first-order valence-corrected chi connectivity index (χ1v) is 10.2. The third-order valence-corrected chi connectivity index (χ3v) is 6.66. The van der Waals surface area contributed by atoms with Gasteiger partial charge in [0.2, 0.25) is 0 Å². The van der Waals surface area contributed by atoms with Crippen molar-refractivity contribution in [2.45, 2.75) is 95.7 Å². The first-order chi connectivity index (χ1) is 13.0. The Kier molecular flexibility index (Phi) is 5.74. The Balaban J connectivity index is 1.94. The topological polar surface area (TPSA) is 85.4 Å². The Morgan fingerprint density at radius 2 is 2.00 bits per heavy atom. The van der Waals surface area contributed by atoms with Crippen molar-refractivity contribution in [1.29, 1.82) is 0 Å². The third-order valence-electron chi connectivity index (χ3n) is 6.66. The van der Waals surface area contributed by atoms with E-state index < -0.39 is 29.7 Å². The molecule has 156 valence electrons. The lowest BCUT2D eigenvalue weighted by Crippen LogP contribution is -2.46. The van der Waals surface area contributed by atoms with Crippen molar-refractivity contribution in [3.63, 3.8) is 0 Å². The van der Waals surface area contributed by atoms with Gasteiger partial charge in [-0.2, -0.15) is 0 Å². The van der Waals surface area contributed by atoms with E-state index in [4.69, 9.17) is 14.2 Å². The van der Waals surface area contributed by atoms with E-state index in [1.165, 1.54) is 6.92 Å². The Hall–Kier alpha value is -1.66. The minimum atomic E-state index is -0.951. The number of epoxide rings is 1. The van der Waals surface area contributed by atoms with Gasteiger partial charge in [-0.15, -0.1) is 0 Å². The minimum Gasteiger partial charge on any atom is -0.458 e. The number of allylic oxidation sites excluding steroid dienone is 1. The lowest BCUT2D eigenvalue weighted by Gasteiger charge is -2.35. The van der Waals surface area contributed by atoms with E-state index >= 15 is 0 Å². The zero-order valence-electron chi connectivity index (χ0n) is 17.3. The second kappa shape index (κ2) is 7.64. The van der Waals surface area contributed by atoms with Crippen molar-refractivity contribution in [2.24, 2.45) is 5.92 Å². The number of ether oxygens (including phenoxy) is 3. The number of fused-ring (bicyclic) bond motifs is 4. The van der Waals surface area contributed by atoms with Crippen LogP contribution in [0.2, 0.25) is 0 Å². The van der Waals surface area contributed by atoms with Crippen LogP contribution < -0.4 is 0 Å². The molecule has 0 amide bonds. The van der Waals surface area contributed by atoms with Gasteiger partial charge in [0.1, 0.15) is 11.7 Å². The molecule has 0 aromatic rings. The van der Waals surface area contributed by atoms with Crippen LogP contribution in [0.3, 0.4) is 0 Å². The summed E-state index contributed by atoms with van der Waals surface area (Å²) >= 11 is 0. The van der Waals surface area contributed by atoms with E-state index in [-0.39, 0.29) is 17.6 Å². The van der Waals surface area contributed by atoms with Crippen LogP contribution >= 0.6 is 0 Å². The highest BCUT2D eigenvalue weighted by Crippen LogP contribution is 2.46. The summed E-state index contributed by atoms with van der Waals surface area (Å²) < 4.78 is 17.4. The molecule has 2 saturated heterocycles. The molecule has 1 N–H and O–H groups in total. The van der Waals surface area contributed by atoms with E-state index in [1.807, 2.05) is 26.8 Å². The van der Waals surface area contributed by atoms with Crippen molar-refractivity contribution < 1.29 is 28.9 Å². The van der Waals surface area contributed by atoms with Crippen molar-refractivity contribution >= 4 is 11.9 Å². The lowest BCUT2D eigenvalue weighted by atomic mass is 9.82. The van der Waals surface area contributed by atoms with Crippen LogP contribution in [0.15, 0.2) is 23.8 Å². The smallest absolute Gasteiger partial charge is 0.334 e. The summed E-state index contributed by atoms with van der Waals surface area (Å²) in [5.74, 6) is -1.05. The van der Waals surface area contributed by atoms with Gasteiger partial charge in [0, 0.05) is 18.9 Å². The molecule has 6 nitrogen and oxygen atoms in total. The Bertz CT molecular complexity index is 697. The van der Waals surface area contributed by atoms with E-state index in [2.05, 4.69) is 6.58 Å². The molecule has 28 heavy (non-hydrogen) atoms. The fourth-order valence-electron chi connectivity index (χ4n) is 4.42. The zero-order valence-corrected chi connectivity index (χ0v) is 17.3. The molecule has 0 radical (unpaired) electrons. The molecule has 6 heteroatoms. The normalized spacial score (nSPS) is 43.7. The SMILES string of the molecule is C=C1C(=O)O[C@@]2(C)CC[C@H]1C[C@H](O)/C(C)=C/CC[C@@]1(C)O[C@@H]1C[C@H]2OC(C)=O. The molecule has 6 atom stereocenters. The first-order valence-electron chi connectivity index (χ1n) is 10.2. The summed E-state index contributed by atoms with van der Waals surface area (Å²) in [5, 5.41) is 10.6. The number of aliphatic hydroxyl groups excluding tert-OH is 1. The third kappa shape index (κ3) is 4.33. The van der Waals surface area contributed by atoms with Crippen molar-refractivity contribution in [3.8, 4) is 0 Å². The zero-order chi connectivity index (χ0) is 20.7. The van der Waals surface area contributed by atoms with Crippen molar-refractivity contribution in [1.82, 2.24) is 0 Å². The van der Waals surface area contributed by atoms with Gasteiger partial charge in [0.15, 0.2) is 0 Å². The van der Waals surface area contributed by atoms with Gasteiger partial charge in [-0.05, 0) is 64.4 Å². The second-order valence-electron chi connectivity index (χ2n) is 8.95. The predicted molar refractivity (Wildman–Crippen MR) is 103 cm³/mol. The minimum absolute atomic E-state index is 0.0591. The standard InChI is InChI=1S/C22H32O6/c1-13-7-6-9-21(4)19(27-21)12-18(26-15(3)23)22(5)10-8-16(11-17(13)24)14(2)20(25)28-22/h7,16-19,24H,2,6,8-12H2,1,3-5H3/b13-7+/t16-,17-,18+,19+,21+,22-/m0/s1. The van der Waals surface area contributed by atoms with E-state index in [1.54, 1.807) is 0 Å². The van der Waals surface area contributed by atoms with E-state index in [0.29, 0.717) is 31.3 Å². The molecular formula is C22H32O6. The molecule has 0 unspecified atom stereocenters. The summed E-state index contributed by atoms with van der Waals surface area (Å²) in [7, 11) is 0. The van der Waals surface area contributed by atoms with E-state index in [9.17, 15) is 14.7 Å². The van der Waals surface area contributed by atoms with Crippen LogP contribution in [-0.4, -0.2) is 46.6 Å². The quantitative estimate of drug-likeness (QED) is 0.319. The summed E-state index contributed by atoms with van der Waals surface area (Å²) in [5.41, 5.74) is 0.0396. The molecule has 0 spiro atoms. The number of hydrogen-bond acceptors (Lipinski definition) is 6. The predicted octanol–water partition coefficient (Wildman–Crippen LogP) is 3.22. The first kappa shape index (κ1) is 21.1. The van der Waals surface area contributed by atoms with Gasteiger partial charge in [0.25, 0.3) is 0 Å². The highest BCUT2D eigenvalue weighted by Gasteiger charge is 2.55. The maximum absolute atomic E-state index is 12.7. The van der Waals surface area contributed by atoms with Gasteiger partial charge < -0.3 is 19.3 Å². The molecule has 2 bridgehead atoms. The Morgan fingerprint density at radius 3 is 2.68 bits per heavy atom. The molecule has 0 saturated carbocycles. The molecule has 2 fully saturated rings. The van der Waals surface area contributed by atoms with Gasteiger partial charge in [0.05, 0.1) is 17.8 Å². The molecule has 2 aliphatic heterocycles. The van der Waals surface area contributed by atoms with Crippen molar-refractivity contribution in [2.75, 3.05) is 0 Å². The molecule has 2 heterocycles. The maximum Gasteiger partial charge on any atom is 0.334 e. The number of aliphatic hydroxyl groups is 1. The highest BCUT2D eigenvalue weighted by molar-refractivity contribution is 5.89. The number of carbonyl (C=O) groups is 2. The molecule has 0 aromatic carbocycles.